The van der Waals surface area contributed by atoms with Crippen LogP contribution >= 0.6 is 8.52 Å². The Kier molecular flexibility index (Phi) is 1.89. The van der Waals surface area contributed by atoms with E-state index >= 15 is 0 Å². The summed E-state index contributed by atoms with van der Waals surface area (Å²) in [7, 11) is 7.57. The summed E-state index contributed by atoms with van der Waals surface area (Å²) in [6.07, 6.45) is 0. The van der Waals surface area contributed by atoms with Gasteiger partial charge in [0.25, 0.3) is 8.52 Å². The van der Waals surface area contributed by atoms with Gasteiger partial charge in [0.2, 0.25) is 0 Å². The van der Waals surface area contributed by atoms with Gasteiger partial charge >= 0.3 is 6.98 Å². The lowest BCUT2D eigenvalue weighted by molar-refractivity contribution is -0.325. The SMILES string of the molecule is CB1N(C)N(C)P=[N+]1C. The highest BCUT2D eigenvalue weighted by Gasteiger charge is 2.37. The molecule has 1 rings (SSSR count). The summed E-state index contributed by atoms with van der Waals surface area (Å²) in [6.45, 7) is 2.73. The molecule has 0 radical (unpaired) electrons. The van der Waals surface area contributed by atoms with Gasteiger partial charge in [-0.1, -0.05) is 0 Å². The van der Waals surface area contributed by atoms with Crippen LogP contribution in [0.2, 0.25) is 6.82 Å². The summed E-state index contributed by atoms with van der Waals surface area (Å²) < 4.78 is 4.44. The first kappa shape index (κ1) is 7.20. The van der Waals surface area contributed by atoms with Gasteiger partial charge in [0, 0.05) is 13.9 Å². The highest BCUT2D eigenvalue weighted by Crippen LogP contribution is 2.18. The molecule has 50 valence electrons. The molecule has 0 aromatic carbocycles. The van der Waals surface area contributed by atoms with Crippen molar-refractivity contribution in [2.75, 3.05) is 21.1 Å². The fourth-order valence-corrected chi connectivity index (χ4v) is 1.81. The molecular formula is C4H12BN3P+. The summed E-state index contributed by atoms with van der Waals surface area (Å²) in [4.78, 5) is 2.21. The van der Waals surface area contributed by atoms with E-state index in [2.05, 4.69) is 41.9 Å². The van der Waals surface area contributed by atoms with Gasteiger partial charge in [0.1, 0.15) is 7.05 Å². The lowest BCUT2D eigenvalue weighted by Crippen LogP contribution is -2.40. The zero-order valence-electron chi connectivity index (χ0n) is 6.37. The summed E-state index contributed by atoms with van der Waals surface area (Å²) in [5.74, 6) is 0. The van der Waals surface area contributed by atoms with Crippen LogP contribution in [0.25, 0.3) is 0 Å². The maximum absolute atomic E-state index is 2.26. The Hall–Kier alpha value is 0.0849. The van der Waals surface area contributed by atoms with Gasteiger partial charge in [-0.05, 0) is 7.05 Å². The van der Waals surface area contributed by atoms with E-state index in [1.165, 1.54) is 8.52 Å². The van der Waals surface area contributed by atoms with Crippen molar-refractivity contribution in [3.8, 4) is 0 Å². The maximum atomic E-state index is 2.26. The van der Waals surface area contributed by atoms with Gasteiger partial charge < -0.3 is 0 Å². The number of hydrazine groups is 1. The predicted octanol–water partition coefficient (Wildman–Crippen LogP) is 0.584. The van der Waals surface area contributed by atoms with Crippen molar-refractivity contribution < 1.29 is 4.24 Å². The van der Waals surface area contributed by atoms with E-state index in [1.54, 1.807) is 0 Å². The Morgan fingerprint density at radius 2 is 2.00 bits per heavy atom. The molecule has 0 atom stereocenters. The van der Waals surface area contributed by atoms with Crippen molar-refractivity contribution in [3.05, 3.63) is 0 Å². The van der Waals surface area contributed by atoms with E-state index in [0.29, 0.717) is 6.98 Å². The molecule has 0 saturated heterocycles. The van der Waals surface area contributed by atoms with Crippen molar-refractivity contribution in [1.82, 2.24) is 9.70 Å². The summed E-state index contributed by atoms with van der Waals surface area (Å²) >= 11 is 0. The minimum Gasteiger partial charge on any atom is -0.276 e. The van der Waals surface area contributed by atoms with Crippen LogP contribution in [0.3, 0.4) is 0 Å². The number of rotatable bonds is 0. The Bertz CT molecular complexity index is 149. The Morgan fingerprint density at radius 1 is 1.44 bits per heavy atom. The molecule has 0 N–H and O–H groups in total. The molecule has 0 spiro atoms. The van der Waals surface area contributed by atoms with Gasteiger partial charge in [-0.15, -0.1) is 4.78 Å². The molecule has 1 aliphatic rings. The molecule has 1 aliphatic heterocycles. The maximum Gasteiger partial charge on any atom is 0.591 e. The van der Waals surface area contributed by atoms with Crippen LogP contribution in [0, 0.1) is 0 Å². The van der Waals surface area contributed by atoms with Gasteiger partial charge in [0.05, 0.1) is 0 Å². The minimum absolute atomic E-state index is 0.539. The lowest BCUT2D eigenvalue weighted by atomic mass is 9.81. The van der Waals surface area contributed by atoms with Crippen molar-refractivity contribution in [3.63, 3.8) is 0 Å². The van der Waals surface area contributed by atoms with E-state index in [-0.39, 0.29) is 0 Å². The number of hydrogen-bond donors (Lipinski definition) is 0. The second kappa shape index (κ2) is 2.37. The van der Waals surface area contributed by atoms with E-state index in [0.717, 1.165) is 0 Å². The van der Waals surface area contributed by atoms with Crippen LogP contribution < -0.4 is 0 Å². The van der Waals surface area contributed by atoms with E-state index < -0.39 is 0 Å². The number of hydrogen-bond acceptors (Lipinski definition) is 2. The fourth-order valence-electron chi connectivity index (χ4n) is 0.826. The monoisotopic (exact) mass is 144 g/mol. The quantitative estimate of drug-likeness (QED) is 0.363. The third-order valence-electron chi connectivity index (χ3n) is 1.81. The fraction of sp³-hybridized carbons (Fsp3) is 1.00. The first-order valence-electron chi connectivity index (χ1n) is 3.04. The molecule has 0 saturated carbocycles. The molecule has 0 unspecified atom stereocenters. The molecular weight excluding hydrogens is 132 g/mol. The zero-order chi connectivity index (χ0) is 7.02. The zero-order valence-corrected chi connectivity index (χ0v) is 7.26. The smallest absolute Gasteiger partial charge is 0.276 e. The first-order valence-corrected chi connectivity index (χ1v) is 3.84. The molecule has 3 nitrogen and oxygen atoms in total. The molecule has 0 bridgehead atoms. The van der Waals surface area contributed by atoms with Crippen molar-refractivity contribution in [1.29, 1.82) is 0 Å². The molecule has 0 aromatic heterocycles. The van der Waals surface area contributed by atoms with Gasteiger partial charge in [0.15, 0.2) is 0 Å². The molecule has 0 fully saturated rings. The van der Waals surface area contributed by atoms with Crippen LogP contribution in [-0.4, -0.2) is 42.1 Å². The van der Waals surface area contributed by atoms with Crippen LogP contribution in [0.1, 0.15) is 0 Å². The second-order valence-corrected chi connectivity index (χ2v) is 3.75. The van der Waals surface area contributed by atoms with Crippen molar-refractivity contribution in [2.24, 2.45) is 0 Å². The highest BCUT2D eigenvalue weighted by atomic mass is 31.1. The van der Waals surface area contributed by atoms with E-state index in [9.17, 15) is 0 Å². The van der Waals surface area contributed by atoms with Gasteiger partial charge in [-0.2, -0.15) is 0 Å². The number of nitrogens with zero attached hydrogens (tertiary/aromatic N) is 3. The first-order chi connectivity index (χ1) is 4.13. The normalized spacial score (nSPS) is 24.9. The minimum atomic E-state index is 0.539. The van der Waals surface area contributed by atoms with Gasteiger partial charge in [-0.25, -0.2) is 4.92 Å². The van der Waals surface area contributed by atoms with Crippen molar-refractivity contribution in [2.45, 2.75) is 6.82 Å². The molecule has 0 aromatic rings. The largest absolute Gasteiger partial charge is 0.591 e. The molecule has 5 heteroatoms. The van der Waals surface area contributed by atoms with Gasteiger partial charge in [-0.3, -0.25) is 4.24 Å². The summed E-state index contributed by atoms with van der Waals surface area (Å²) in [6, 6.07) is 0. The standard InChI is InChI=1S/C4H12BN3P/c1-5-6(2)8(4)9-7(5)3/h1-4H3/q+1. The molecule has 0 aliphatic carbocycles. The van der Waals surface area contributed by atoms with Crippen LogP contribution in [0.5, 0.6) is 0 Å². The topological polar surface area (TPSA) is 9.49 Å². The van der Waals surface area contributed by atoms with Crippen LogP contribution in [0.15, 0.2) is 0 Å². The second-order valence-electron chi connectivity index (χ2n) is 2.36. The van der Waals surface area contributed by atoms with Crippen LogP contribution in [0.4, 0.5) is 0 Å². The summed E-state index contributed by atoms with van der Waals surface area (Å²) in [5.41, 5.74) is 0. The highest BCUT2D eigenvalue weighted by molar-refractivity contribution is 7.22. The average molecular weight is 144 g/mol. The average Bonchev–Trinajstić information content (AvgIpc) is 1.98. The van der Waals surface area contributed by atoms with Crippen molar-refractivity contribution >= 4 is 15.5 Å². The third-order valence-corrected chi connectivity index (χ3v) is 2.97. The lowest BCUT2D eigenvalue weighted by Gasteiger charge is -2.11. The predicted molar refractivity (Wildman–Crippen MR) is 40.2 cm³/mol. The Labute approximate surface area is 58.3 Å². The van der Waals surface area contributed by atoms with E-state index in [1.807, 2.05) is 0 Å². The summed E-state index contributed by atoms with van der Waals surface area (Å²) in [5, 5.41) is 0. The molecule has 9 heavy (non-hydrogen) atoms. The van der Waals surface area contributed by atoms with E-state index in [4.69, 9.17) is 0 Å². The molecule has 0 amide bonds. The third kappa shape index (κ3) is 1.16. The Balaban J connectivity index is 2.70. The van der Waals surface area contributed by atoms with Crippen LogP contribution in [-0.2, 0) is 0 Å². The Morgan fingerprint density at radius 3 is 2.11 bits per heavy atom. The molecule has 1 heterocycles.